The van der Waals surface area contributed by atoms with Crippen molar-refractivity contribution >= 4 is 28.3 Å². The molecule has 2 aromatic carbocycles. The van der Waals surface area contributed by atoms with Gasteiger partial charge in [0.1, 0.15) is 11.3 Å². The Balaban J connectivity index is 1.63. The van der Waals surface area contributed by atoms with E-state index in [1.165, 1.54) is 6.20 Å². The standard InChI is InChI=1S/C23H18N2O4/c1-14-19-10-7-17(25-23(27)16-4-3-11-24-13-16)12-20(19)29-22(14)21(26)15-5-8-18(28-2)9-6-15/h3-13H,1-2H3,(H,25,27). The molecule has 29 heavy (non-hydrogen) atoms. The van der Waals surface area contributed by atoms with Gasteiger partial charge in [-0.1, -0.05) is 0 Å². The molecule has 0 bridgehead atoms. The van der Waals surface area contributed by atoms with Gasteiger partial charge in [0.05, 0.1) is 12.7 Å². The summed E-state index contributed by atoms with van der Waals surface area (Å²) in [5, 5.41) is 3.64. The number of benzene rings is 2. The first-order chi connectivity index (χ1) is 14.1. The number of anilines is 1. The predicted octanol–water partition coefficient (Wildman–Crippen LogP) is 4.63. The summed E-state index contributed by atoms with van der Waals surface area (Å²) in [5.41, 5.74) is 2.83. The average molecular weight is 386 g/mol. The molecule has 0 unspecified atom stereocenters. The van der Waals surface area contributed by atoms with E-state index >= 15 is 0 Å². The molecule has 0 aliphatic carbocycles. The smallest absolute Gasteiger partial charge is 0.257 e. The van der Waals surface area contributed by atoms with Gasteiger partial charge in [0.25, 0.3) is 5.91 Å². The average Bonchev–Trinajstić information content (AvgIpc) is 3.09. The molecule has 2 aromatic heterocycles. The second-order valence-corrected chi connectivity index (χ2v) is 6.52. The quantitative estimate of drug-likeness (QED) is 0.506. The molecule has 0 aliphatic heterocycles. The molecule has 6 heteroatoms. The highest BCUT2D eigenvalue weighted by atomic mass is 16.5. The molecule has 1 N–H and O–H groups in total. The second kappa shape index (κ2) is 7.59. The molecular weight excluding hydrogens is 368 g/mol. The van der Waals surface area contributed by atoms with Crippen LogP contribution in [-0.4, -0.2) is 23.8 Å². The Morgan fingerprint density at radius 3 is 2.52 bits per heavy atom. The third-order valence-corrected chi connectivity index (χ3v) is 4.68. The van der Waals surface area contributed by atoms with Gasteiger partial charge < -0.3 is 14.5 Å². The maximum Gasteiger partial charge on any atom is 0.257 e. The lowest BCUT2D eigenvalue weighted by Gasteiger charge is -2.04. The summed E-state index contributed by atoms with van der Waals surface area (Å²) < 4.78 is 11.0. The second-order valence-electron chi connectivity index (χ2n) is 6.52. The number of pyridine rings is 1. The molecule has 0 saturated heterocycles. The van der Waals surface area contributed by atoms with Crippen molar-refractivity contribution in [2.24, 2.45) is 0 Å². The van der Waals surface area contributed by atoms with E-state index in [1.807, 2.05) is 13.0 Å². The SMILES string of the molecule is COc1ccc(C(=O)c2oc3cc(NC(=O)c4cccnc4)ccc3c2C)cc1. The number of methoxy groups -OCH3 is 1. The van der Waals surface area contributed by atoms with Crippen LogP contribution >= 0.6 is 0 Å². The van der Waals surface area contributed by atoms with Gasteiger partial charge in [0, 0.05) is 40.7 Å². The largest absolute Gasteiger partial charge is 0.497 e. The lowest BCUT2D eigenvalue weighted by Crippen LogP contribution is -2.11. The number of fused-ring (bicyclic) bond motifs is 1. The van der Waals surface area contributed by atoms with Gasteiger partial charge in [-0.15, -0.1) is 0 Å². The van der Waals surface area contributed by atoms with Crippen molar-refractivity contribution in [3.05, 3.63) is 89.4 Å². The van der Waals surface area contributed by atoms with E-state index in [4.69, 9.17) is 9.15 Å². The van der Waals surface area contributed by atoms with Crippen molar-refractivity contribution in [2.45, 2.75) is 6.92 Å². The Morgan fingerprint density at radius 2 is 1.83 bits per heavy atom. The molecule has 0 saturated carbocycles. The van der Waals surface area contributed by atoms with Crippen LogP contribution in [0, 0.1) is 6.92 Å². The summed E-state index contributed by atoms with van der Waals surface area (Å²) in [4.78, 5) is 29.1. The van der Waals surface area contributed by atoms with Crippen molar-refractivity contribution in [3.8, 4) is 5.75 Å². The lowest BCUT2D eigenvalue weighted by atomic mass is 10.0. The molecule has 144 valence electrons. The molecule has 0 spiro atoms. The molecule has 4 rings (SSSR count). The molecule has 0 fully saturated rings. The van der Waals surface area contributed by atoms with Crippen LogP contribution < -0.4 is 10.1 Å². The minimum absolute atomic E-state index is 0.206. The number of hydrogen-bond donors (Lipinski definition) is 1. The zero-order valence-electron chi connectivity index (χ0n) is 15.9. The molecule has 1 amide bonds. The molecule has 0 atom stereocenters. The first-order valence-corrected chi connectivity index (χ1v) is 9.00. The fourth-order valence-corrected chi connectivity index (χ4v) is 3.09. The summed E-state index contributed by atoms with van der Waals surface area (Å²) >= 11 is 0. The van der Waals surface area contributed by atoms with E-state index < -0.39 is 0 Å². The van der Waals surface area contributed by atoms with E-state index in [-0.39, 0.29) is 17.5 Å². The van der Waals surface area contributed by atoms with Crippen molar-refractivity contribution in [3.63, 3.8) is 0 Å². The van der Waals surface area contributed by atoms with Crippen LogP contribution in [0.5, 0.6) is 5.75 Å². The summed E-state index contributed by atoms with van der Waals surface area (Å²) in [6.45, 7) is 1.84. The Bertz CT molecular complexity index is 1200. The third kappa shape index (κ3) is 3.60. The third-order valence-electron chi connectivity index (χ3n) is 4.68. The van der Waals surface area contributed by atoms with E-state index in [9.17, 15) is 9.59 Å². The zero-order valence-corrected chi connectivity index (χ0v) is 15.9. The maximum atomic E-state index is 12.9. The van der Waals surface area contributed by atoms with Crippen LogP contribution in [0.25, 0.3) is 11.0 Å². The summed E-state index contributed by atoms with van der Waals surface area (Å²) in [6, 6.07) is 15.6. The number of furan rings is 1. The Kier molecular flexibility index (Phi) is 4.83. The highest BCUT2D eigenvalue weighted by Gasteiger charge is 2.20. The van der Waals surface area contributed by atoms with Gasteiger partial charge in [-0.3, -0.25) is 14.6 Å². The molecule has 4 aromatic rings. The van der Waals surface area contributed by atoms with Crippen LogP contribution in [-0.2, 0) is 0 Å². The zero-order chi connectivity index (χ0) is 20.4. The van der Waals surface area contributed by atoms with Crippen LogP contribution in [0.4, 0.5) is 5.69 Å². The number of carbonyl (C=O) groups excluding carboxylic acids is 2. The molecule has 2 heterocycles. The van der Waals surface area contributed by atoms with Crippen molar-refractivity contribution in [2.75, 3.05) is 12.4 Å². The van der Waals surface area contributed by atoms with E-state index in [0.717, 1.165) is 10.9 Å². The number of nitrogens with one attached hydrogen (secondary N) is 1. The van der Waals surface area contributed by atoms with Gasteiger partial charge in [-0.25, -0.2) is 0 Å². The molecule has 0 radical (unpaired) electrons. The Labute approximate surface area is 167 Å². The van der Waals surface area contributed by atoms with Gasteiger partial charge in [0.2, 0.25) is 5.78 Å². The highest BCUT2D eigenvalue weighted by Crippen LogP contribution is 2.29. The normalized spacial score (nSPS) is 10.7. The summed E-state index contributed by atoms with van der Waals surface area (Å²) in [7, 11) is 1.57. The number of nitrogens with zero attached hydrogens (tertiary/aromatic N) is 1. The van der Waals surface area contributed by atoms with E-state index in [1.54, 1.807) is 61.8 Å². The van der Waals surface area contributed by atoms with Crippen molar-refractivity contribution in [1.29, 1.82) is 0 Å². The highest BCUT2D eigenvalue weighted by molar-refractivity contribution is 6.11. The molecule has 0 aliphatic rings. The Hall–Kier alpha value is -3.93. The summed E-state index contributed by atoms with van der Waals surface area (Å²) in [6.07, 6.45) is 3.10. The van der Waals surface area contributed by atoms with Gasteiger partial charge >= 0.3 is 0 Å². The fraction of sp³-hybridized carbons (Fsp3) is 0.0870. The van der Waals surface area contributed by atoms with Crippen molar-refractivity contribution < 1.29 is 18.7 Å². The van der Waals surface area contributed by atoms with Crippen LogP contribution in [0.1, 0.15) is 32.0 Å². The number of amides is 1. The monoisotopic (exact) mass is 386 g/mol. The van der Waals surface area contributed by atoms with E-state index in [2.05, 4.69) is 10.3 Å². The van der Waals surface area contributed by atoms with Crippen LogP contribution in [0.15, 0.2) is 71.4 Å². The van der Waals surface area contributed by atoms with Crippen LogP contribution in [0.3, 0.4) is 0 Å². The van der Waals surface area contributed by atoms with Gasteiger partial charge in [0.15, 0.2) is 5.76 Å². The van der Waals surface area contributed by atoms with Gasteiger partial charge in [-0.2, -0.15) is 0 Å². The fourth-order valence-electron chi connectivity index (χ4n) is 3.09. The minimum Gasteiger partial charge on any atom is -0.497 e. The number of ketones is 1. The number of aromatic nitrogens is 1. The number of rotatable bonds is 5. The van der Waals surface area contributed by atoms with Crippen LogP contribution in [0.2, 0.25) is 0 Å². The Morgan fingerprint density at radius 1 is 1.03 bits per heavy atom. The number of hydrogen-bond acceptors (Lipinski definition) is 5. The topological polar surface area (TPSA) is 81.4 Å². The number of aryl methyl sites for hydroxylation is 1. The first-order valence-electron chi connectivity index (χ1n) is 9.00. The molecular formula is C23H18N2O4. The number of ether oxygens (including phenoxy) is 1. The van der Waals surface area contributed by atoms with Gasteiger partial charge in [-0.05, 0) is 55.5 Å². The first kappa shape index (κ1) is 18.4. The lowest BCUT2D eigenvalue weighted by molar-refractivity contribution is 0.101. The summed E-state index contributed by atoms with van der Waals surface area (Å²) in [5.74, 6) is 0.482. The number of carbonyl (C=O) groups is 2. The predicted molar refractivity (Wildman–Crippen MR) is 110 cm³/mol. The molecule has 6 nitrogen and oxygen atoms in total. The van der Waals surface area contributed by atoms with E-state index in [0.29, 0.717) is 28.1 Å². The maximum absolute atomic E-state index is 12.9. The van der Waals surface area contributed by atoms with Crippen molar-refractivity contribution in [1.82, 2.24) is 4.98 Å². The minimum atomic E-state index is -0.268.